The predicted octanol–water partition coefficient (Wildman–Crippen LogP) is 22.2. The molecule has 0 aromatic rings. The van der Waals surface area contributed by atoms with Crippen LogP contribution in [0.15, 0.2) is 12.2 Å². The first-order chi connectivity index (χ1) is 42.8. The first-order valence-electron chi connectivity index (χ1n) is 39.4. The maximum Gasteiger partial charge on any atom is 0.220 e. The summed E-state index contributed by atoms with van der Waals surface area (Å²) in [5, 5.41) is 54.8. The number of nitrogens with one attached hydrogen (secondary N) is 1. The fraction of sp³-hybridized carbons (Fsp3) is 0.962. The number of hydrogen-bond acceptors (Lipinski definition) is 8. The zero-order chi connectivity index (χ0) is 62.8. The molecule has 6 N–H and O–H groups in total. The van der Waals surface area contributed by atoms with Gasteiger partial charge in [-0.1, -0.05) is 411 Å². The second-order valence-electron chi connectivity index (χ2n) is 27.9. The molecular formula is C78H153NO8. The van der Waals surface area contributed by atoms with Gasteiger partial charge in [0.25, 0.3) is 0 Å². The third-order valence-electron chi connectivity index (χ3n) is 19.4. The molecule has 1 amide bonds. The van der Waals surface area contributed by atoms with E-state index >= 15 is 0 Å². The van der Waals surface area contributed by atoms with Crippen LogP contribution in [0.25, 0.3) is 0 Å². The van der Waals surface area contributed by atoms with Crippen LogP contribution in [0.2, 0.25) is 0 Å². The van der Waals surface area contributed by atoms with Gasteiger partial charge in [-0.15, -0.1) is 0 Å². The lowest BCUT2D eigenvalue weighted by molar-refractivity contribution is -0.302. The number of aliphatic hydroxyl groups excluding tert-OH is 5. The lowest BCUT2D eigenvalue weighted by Gasteiger charge is -2.40. The first kappa shape index (κ1) is 83.9. The monoisotopic (exact) mass is 1230 g/mol. The summed E-state index contributed by atoms with van der Waals surface area (Å²) in [6, 6.07) is -0.802. The first-order valence-corrected chi connectivity index (χ1v) is 39.4. The molecule has 87 heavy (non-hydrogen) atoms. The third-order valence-corrected chi connectivity index (χ3v) is 19.4. The van der Waals surface area contributed by atoms with Crippen LogP contribution in [0, 0.1) is 0 Å². The normalized spacial score (nSPS) is 17.9. The zero-order valence-corrected chi connectivity index (χ0v) is 58.3. The van der Waals surface area contributed by atoms with Crippen LogP contribution in [0.3, 0.4) is 0 Å². The topological polar surface area (TPSA) is 149 Å². The smallest absolute Gasteiger partial charge is 0.220 e. The molecule has 0 radical (unpaired) electrons. The highest BCUT2D eigenvalue weighted by atomic mass is 16.7. The van der Waals surface area contributed by atoms with Crippen molar-refractivity contribution in [1.29, 1.82) is 0 Å². The highest BCUT2D eigenvalue weighted by molar-refractivity contribution is 5.76. The van der Waals surface area contributed by atoms with E-state index in [2.05, 4.69) is 19.2 Å². The van der Waals surface area contributed by atoms with E-state index < -0.39 is 49.5 Å². The molecule has 1 aliphatic rings. The molecule has 0 aromatic carbocycles. The van der Waals surface area contributed by atoms with Gasteiger partial charge in [0, 0.05) is 6.42 Å². The largest absolute Gasteiger partial charge is 0.394 e. The number of rotatable bonds is 71. The van der Waals surface area contributed by atoms with Crippen LogP contribution in [-0.2, 0) is 14.3 Å². The molecule has 0 aromatic heterocycles. The highest BCUT2D eigenvalue weighted by Gasteiger charge is 2.44. The molecule has 1 saturated heterocycles. The number of ether oxygens (including phenoxy) is 2. The van der Waals surface area contributed by atoms with Crippen molar-refractivity contribution in [3.05, 3.63) is 12.2 Å². The molecule has 7 atom stereocenters. The Morgan fingerprint density at radius 1 is 0.379 bits per heavy atom. The van der Waals surface area contributed by atoms with E-state index in [-0.39, 0.29) is 12.5 Å². The summed E-state index contributed by atoms with van der Waals surface area (Å²) in [4.78, 5) is 13.2. The van der Waals surface area contributed by atoms with Gasteiger partial charge in [-0.25, -0.2) is 0 Å². The fourth-order valence-corrected chi connectivity index (χ4v) is 13.2. The van der Waals surface area contributed by atoms with Gasteiger partial charge in [-0.2, -0.15) is 0 Å². The van der Waals surface area contributed by atoms with E-state index in [1.807, 2.05) is 6.08 Å². The summed E-state index contributed by atoms with van der Waals surface area (Å²) in [7, 11) is 0. The number of carbonyl (C=O) groups is 1. The lowest BCUT2D eigenvalue weighted by Crippen LogP contribution is -2.60. The maximum atomic E-state index is 13.2. The van der Waals surface area contributed by atoms with Gasteiger partial charge in [0.2, 0.25) is 5.91 Å². The minimum atomic E-state index is -1.56. The number of hydrogen-bond donors (Lipinski definition) is 6. The third kappa shape index (κ3) is 56.2. The Labute approximate surface area is 541 Å². The molecule has 1 rings (SSSR count). The highest BCUT2D eigenvalue weighted by Crippen LogP contribution is 2.24. The number of allylic oxidation sites excluding steroid dienone is 1. The summed E-state index contributed by atoms with van der Waals surface area (Å²) >= 11 is 0. The van der Waals surface area contributed by atoms with Gasteiger partial charge < -0.3 is 40.3 Å². The second-order valence-corrected chi connectivity index (χ2v) is 27.9. The zero-order valence-electron chi connectivity index (χ0n) is 58.3. The molecule has 1 aliphatic heterocycles. The van der Waals surface area contributed by atoms with Crippen LogP contribution < -0.4 is 5.32 Å². The Kier molecular flexibility index (Phi) is 65.4. The van der Waals surface area contributed by atoms with Crippen LogP contribution in [0.4, 0.5) is 0 Å². The van der Waals surface area contributed by atoms with Crippen LogP contribution in [0.1, 0.15) is 425 Å². The molecular weight excluding hydrogens is 1080 g/mol. The molecule has 1 fully saturated rings. The predicted molar refractivity (Wildman–Crippen MR) is 374 cm³/mol. The Morgan fingerprint density at radius 3 is 0.897 bits per heavy atom. The summed E-state index contributed by atoms with van der Waals surface area (Å²) in [5.41, 5.74) is 0. The van der Waals surface area contributed by atoms with Gasteiger partial charge in [-0.3, -0.25) is 4.79 Å². The standard InChI is InChI=1S/C78H153NO8/c1-3-5-7-9-11-13-15-17-19-21-23-25-27-28-29-30-31-32-33-34-35-36-37-38-39-40-41-42-43-44-46-48-50-52-54-56-58-60-62-64-66-68-74(82)79-71(70-86-78-77(85)76(84)75(83)73(69-80)87-78)72(81)67-65-63-61-59-57-55-53-51-49-47-45-26-24-22-20-18-16-14-12-10-8-6-4-2/h65,67,71-73,75-78,80-81,83-85H,3-64,66,68-70H2,1-2H3,(H,79,82)/b67-65+. The van der Waals surface area contributed by atoms with Gasteiger partial charge in [-0.05, 0) is 19.3 Å². The van der Waals surface area contributed by atoms with E-state index in [1.165, 1.54) is 366 Å². The number of carbonyl (C=O) groups excluding carboxylic acids is 1. The quantitative estimate of drug-likeness (QED) is 0.0261. The molecule has 1 heterocycles. The van der Waals surface area contributed by atoms with Crippen molar-refractivity contribution in [2.75, 3.05) is 13.2 Å². The number of unbranched alkanes of at least 4 members (excludes halogenated alkanes) is 61. The molecule has 0 spiro atoms. The van der Waals surface area contributed by atoms with Crippen LogP contribution in [-0.4, -0.2) is 87.5 Å². The van der Waals surface area contributed by atoms with E-state index in [0.717, 1.165) is 38.5 Å². The van der Waals surface area contributed by atoms with E-state index in [0.29, 0.717) is 6.42 Å². The second kappa shape index (κ2) is 67.8. The van der Waals surface area contributed by atoms with Crippen molar-refractivity contribution in [2.45, 2.75) is 468 Å². The summed E-state index contributed by atoms with van der Waals surface area (Å²) in [6.45, 7) is 3.85. The Hall–Kier alpha value is -1.07. The van der Waals surface area contributed by atoms with Crippen molar-refractivity contribution < 1.29 is 39.8 Å². The van der Waals surface area contributed by atoms with Crippen molar-refractivity contribution in [3.8, 4) is 0 Å². The summed E-state index contributed by atoms with van der Waals surface area (Å²) in [5.74, 6) is -0.166. The maximum absolute atomic E-state index is 13.2. The van der Waals surface area contributed by atoms with Crippen molar-refractivity contribution in [2.24, 2.45) is 0 Å². The molecule has 518 valence electrons. The van der Waals surface area contributed by atoms with E-state index in [9.17, 15) is 30.3 Å². The van der Waals surface area contributed by atoms with Crippen molar-refractivity contribution in [3.63, 3.8) is 0 Å². The van der Waals surface area contributed by atoms with Gasteiger partial charge >= 0.3 is 0 Å². The van der Waals surface area contributed by atoms with Crippen molar-refractivity contribution >= 4 is 5.91 Å². The fourth-order valence-electron chi connectivity index (χ4n) is 13.2. The Morgan fingerprint density at radius 2 is 0.632 bits per heavy atom. The Balaban J connectivity index is 2.02. The molecule has 0 aliphatic carbocycles. The number of amides is 1. The molecule has 9 heteroatoms. The van der Waals surface area contributed by atoms with Crippen molar-refractivity contribution in [1.82, 2.24) is 5.32 Å². The number of aliphatic hydroxyl groups is 5. The average molecular weight is 1230 g/mol. The molecule has 9 nitrogen and oxygen atoms in total. The summed E-state index contributed by atoms with van der Waals surface area (Å²) in [6.07, 6.45) is 82.3. The molecule has 0 saturated carbocycles. The van der Waals surface area contributed by atoms with E-state index in [4.69, 9.17) is 9.47 Å². The molecule has 0 bridgehead atoms. The van der Waals surface area contributed by atoms with Crippen LogP contribution >= 0.6 is 0 Å². The SMILES string of the molecule is CCCCCCCCCCCCCCCCCCCCCCC/C=C/C(O)C(COC1OC(CO)C(O)C(O)C1O)NC(=O)CCCCCCCCCCCCCCCCCCCCCCCCCCCCCCCCCCCCCCCCCCC. The minimum absolute atomic E-state index is 0.166. The molecule has 7 unspecified atom stereocenters. The van der Waals surface area contributed by atoms with Crippen LogP contribution in [0.5, 0.6) is 0 Å². The van der Waals surface area contributed by atoms with E-state index in [1.54, 1.807) is 6.08 Å². The lowest BCUT2D eigenvalue weighted by atomic mass is 9.99. The Bertz CT molecular complexity index is 1380. The minimum Gasteiger partial charge on any atom is -0.394 e. The average Bonchev–Trinajstić information content (AvgIpc) is 3.49. The van der Waals surface area contributed by atoms with Gasteiger partial charge in [0.15, 0.2) is 6.29 Å². The van der Waals surface area contributed by atoms with Gasteiger partial charge in [0.05, 0.1) is 25.4 Å². The van der Waals surface area contributed by atoms with Gasteiger partial charge in [0.1, 0.15) is 24.4 Å². The summed E-state index contributed by atoms with van der Waals surface area (Å²) < 4.78 is 11.3.